The summed E-state index contributed by atoms with van der Waals surface area (Å²) in [4.78, 5) is 2.36. The molecule has 0 aliphatic carbocycles. The van der Waals surface area contributed by atoms with Crippen molar-refractivity contribution in [2.24, 2.45) is 0 Å². The van der Waals surface area contributed by atoms with E-state index in [1.807, 2.05) is 0 Å². The molecule has 1 nitrogen and oxygen atoms in total. The van der Waals surface area contributed by atoms with E-state index in [4.69, 9.17) is 0 Å². The summed E-state index contributed by atoms with van der Waals surface area (Å²) in [5, 5.41) is 10.4. The summed E-state index contributed by atoms with van der Waals surface area (Å²) in [6, 6.07) is 55.0. The van der Waals surface area contributed by atoms with Gasteiger partial charge in [-0.25, -0.2) is 0 Å². The number of fused-ring (bicyclic) bond motifs is 1. The fourth-order valence-corrected chi connectivity index (χ4v) is 6.18. The number of rotatable bonds is 4. The molecule has 0 radical (unpaired) electrons. The molecule has 8 rings (SSSR count). The fraction of sp³-hybridized carbons (Fsp3) is 0. The lowest BCUT2D eigenvalue weighted by Crippen LogP contribution is -2.10. The van der Waals surface area contributed by atoms with E-state index in [9.17, 15) is 0 Å². The van der Waals surface area contributed by atoms with Crippen molar-refractivity contribution < 1.29 is 0 Å². The Morgan fingerprint density at radius 3 is 1.74 bits per heavy atom. The smallest absolute Gasteiger partial charge is 0.0540 e. The summed E-state index contributed by atoms with van der Waals surface area (Å²) < 4.78 is 0. The van der Waals surface area contributed by atoms with Crippen LogP contribution in [0.1, 0.15) is 0 Å². The average molecular weight is 496 g/mol. The van der Waals surface area contributed by atoms with E-state index in [1.54, 1.807) is 0 Å². The molecule has 0 atom stereocenters. The van der Waals surface area contributed by atoms with Crippen LogP contribution in [0, 0.1) is 0 Å². The number of hydrogen-bond acceptors (Lipinski definition) is 1. The second kappa shape index (κ2) is 8.72. The Kier molecular flexibility index (Phi) is 4.89. The van der Waals surface area contributed by atoms with Gasteiger partial charge in [-0.05, 0) is 79.2 Å². The molecular weight excluding hydrogens is 470 g/mol. The highest BCUT2D eigenvalue weighted by Gasteiger charge is 2.16. The molecule has 0 saturated carbocycles. The number of benzene rings is 8. The largest absolute Gasteiger partial charge is 0.310 e. The van der Waals surface area contributed by atoms with Crippen LogP contribution in [0.25, 0.3) is 54.2 Å². The third kappa shape index (κ3) is 3.48. The number of nitrogens with zero attached hydrogens (tertiary/aromatic N) is 1. The maximum atomic E-state index is 2.36. The second-order valence-electron chi connectivity index (χ2n) is 10.2. The van der Waals surface area contributed by atoms with Gasteiger partial charge < -0.3 is 4.90 Å². The first-order chi connectivity index (χ1) is 19.3. The lowest BCUT2D eigenvalue weighted by atomic mass is 9.90. The van der Waals surface area contributed by atoms with E-state index >= 15 is 0 Å². The van der Waals surface area contributed by atoms with Gasteiger partial charge in [-0.1, -0.05) is 121 Å². The van der Waals surface area contributed by atoms with E-state index in [0.717, 1.165) is 11.4 Å². The summed E-state index contributed by atoms with van der Waals surface area (Å²) >= 11 is 0. The predicted molar refractivity (Wildman–Crippen MR) is 168 cm³/mol. The normalized spacial score (nSPS) is 11.6. The lowest BCUT2D eigenvalue weighted by molar-refractivity contribution is 1.30. The molecule has 39 heavy (non-hydrogen) atoms. The van der Waals surface area contributed by atoms with Crippen LogP contribution >= 0.6 is 0 Å². The Bertz CT molecular complexity index is 2090. The molecule has 0 bridgehead atoms. The SMILES string of the molecule is c1ccc(N(c2ccc(-c3ccc4ccc5cccc6ccc3c4c56)cc2)c2cccc3ccccc23)cc1. The molecule has 0 fully saturated rings. The number of hydrogen-bond donors (Lipinski definition) is 0. The Morgan fingerprint density at radius 1 is 0.333 bits per heavy atom. The van der Waals surface area contributed by atoms with Crippen molar-refractivity contribution in [1.29, 1.82) is 0 Å². The molecule has 0 spiro atoms. The van der Waals surface area contributed by atoms with Gasteiger partial charge >= 0.3 is 0 Å². The van der Waals surface area contributed by atoms with E-state index in [-0.39, 0.29) is 0 Å². The quantitative estimate of drug-likeness (QED) is 0.219. The van der Waals surface area contributed by atoms with Crippen molar-refractivity contribution >= 4 is 60.2 Å². The van der Waals surface area contributed by atoms with E-state index in [2.05, 4.69) is 157 Å². The Labute approximate surface area is 227 Å². The van der Waals surface area contributed by atoms with E-state index in [1.165, 1.54) is 59.9 Å². The third-order valence-electron chi connectivity index (χ3n) is 7.99. The molecule has 1 heteroatoms. The van der Waals surface area contributed by atoms with E-state index < -0.39 is 0 Å². The van der Waals surface area contributed by atoms with Crippen LogP contribution < -0.4 is 4.90 Å². The molecule has 0 amide bonds. The summed E-state index contributed by atoms with van der Waals surface area (Å²) in [7, 11) is 0. The fourth-order valence-electron chi connectivity index (χ4n) is 6.18. The molecule has 0 aromatic heterocycles. The monoisotopic (exact) mass is 495 g/mol. The van der Waals surface area contributed by atoms with Crippen LogP contribution in [0.3, 0.4) is 0 Å². The maximum absolute atomic E-state index is 2.36. The molecule has 0 unspecified atom stereocenters. The highest BCUT2D eigenvalue weighted by atomic mass is 15.1. The molecule has 0 aliphatic heterocycles. The Morgan fingerprint density at radius 2 is 0.923 bits per heavy atom. The van der Waals surface area contributed by atoms with Crippen molar-refractivity contribution in [3.05, 3.63) is 152 Å². The minimum Gasteiger partial charge on any atom is -0.310 e. The maximum Gasteiger partial charge on any atom is 0.0540 e. The highest BCUT2D eigenvalue weighted by molar-refractivity contribution is 6.25. The van der Waals surface area contributed by atoms with Gasteiger partial charge in [0.05, 0.1) is 5.69 Å². The van der Waals surface area contributed by atoms with Gasteiger partial charge in [-0.3, -0.25) is 0 Å². The van der Waals surface area contributed by atoms with Gasteiger partial charge in [0.2, 0.25) is 0 Å². The van der Waals surface area contributed by atoms with Gasteiger partial charge in [-0.15, -0.1) is 0 Å². The molecule has 8 aromatic rings. The number of anilines is 3. The minimum atomic E-state index is 1.14. The Hall–Kier alpha value is -5.14. The Balaban J connectivity index is 1.29. The molecule has 8 aromatic carbocycles. The van der Waals surface area contributed by atoms with E-state index in [0.29, 0.717) is 0 Å². The first-order valence-corrected chi connectivity index (χ1v) is 13.5. The molecule has 0 aliphatic rings. The summed E-state index contributed by atoms with van der Waals surface area (Å²) in [5.74, 6) is 0. The second-order valence-corrected chi connectivity index (χ2v) is 10.2. The first-order valence-electron chi connectivity index (χ1n) is 13.5. The molecular formula is C38H25N. The molecule has 0 saturated heterocycles. The van der Waals surface area contributed by atoms with Crippen LogP contribution in [0.15, 0.2) is 152 Å². The van der Waals surface area contributed by atoms with Gasteiger partial charge in [0.25, 0.3) is 0 Å². The summed E-state index contributed by atoms with van der Waals surface area (Å²) in [5.41, 5.74) is 5.95. The molecule has 182 valence electrons. The van der Waals surface area contributed by atoms with Crippen molar-refractivity contribution in [2.75, 3.05) is 4.90 Å². The summed E-state index contributed by atoms with van der Waals surface area (Å²) in [6.45, 7) is 0. The lowest BCUT2D eigenvalue weighted by Gasteiger charge is -2.27. The van der Waals surface area contributed by atoms with Crippen LogP contribution in [0.2, 0.25) is 0 Å². The zero-order valence-corrected chi connectivity index (χ0v) is 21.4. The van der Waals surface area contributed by atoms with Gasteiger partial charge in [-0.2, -0.15) is 0 Å². The average Bonchev–Trinajstić information content (AvgIpc) is 3.01. The van der Waals surface area contributed by atoms with Crippen LogP contribution in [0.4, 0.5) is 17.1 Å². The first kappa shape index (κ1) is 21.9. The van der Waals surface area contributed by atoms with Crippen LogP contribution in [-0.2, 0) is 0 Å². The topological polar surface area (TPSA) is 3.24 Å². The van der Waals surface area contributed by atoms with Gasteiger partial charge in [0.1, 0.15) is 0 Å². The number of para-hydroxylation sites is 1. The summed E-state index contributed by atoms with van der Waals surface area (Å²) in [6.07, 6.45) is 0. The van der Waals surface area contributed by atoms with Crippen molar-refractivity contribution in [1.82, 2.24) is 0 Å². The zero-order chi connectivity index (χ0) is 25.8. The van der Waals surface area contributed by atoms with Crippen LogP contribution in [0.5, 0.6) is 0 Å². The molecule has 0 heterocycles. The van der Waals surface area contributed by atoms with Crippen molar-refractivity contribution in [3.63, 3.8) is 0 Å². The predicted octanol–water partition coefficient (Wildman–Crippen LogP) is 10.9. The highest BCUT2D eigenvalue weighted by Crippen LogP contribution is 2.42. The standard InChI is InChI=1S/C38H25N/c1-2-12-31(13-3-1)39(36-15-7-9-26-8-4-5-14-34(26)36)32-22-18-27(19-23-32)33-24-20-30-17-16-28-10-6-11-29-21-25-35(33)38(30)37(28)29/h1-25H. The van der Waals surface area contributed by atoms with Crippen molar-refractivity contribution in [3.8, 4) is 11.1 Å². The van der Waals surface area contributed by atoms with Crippen LogP contribution in [-0.4, -0.2) is 0 Å². The van der Waals surface area contributed by atoms with Crippen molar-refractivity contribution in [2.45, 2.75) is 0 Å². The zero-order valence-electron chi connectivity index (χ0n) is 21.4. The van der Waals surface area contributed by atoms with Gasteiger partial charge in [0, 0.05) is 16.8 Å². The minimum absolute atomic E-state index is 1.14. The third-order valence-corrected chi connectivity index (χ3v) is 7.99. The van der Waals surface area contributed by atoms with Gasteiger partial charge in [0.15, 0.2) is 0 Å². The molecule has 0 N–H and O–H groups in total.